The molecule has 2 heteroatoms. The van der Waals surface area contributed by atoms with Crippen LogP contribution in [0.15, 0.2) is 66.7 Å². The van der Waals surface area contributed by atoms with E-state index in [-0.39, 0.29) is 0 Å². The molecule has 0 heterocycles. The topological polar surface area (TPSA) is 0 Å². The average molecular weight is 663 g/mol. The summed E-state index contributed by atoms with van der Waals surface area (Å²) in [4.78, 5) is 0. The van der Waals surface area contributed by atoms with Crippen molar-refractivity contribution in [3.05, 3.63) is 106 Å². The smallest absolute Gasteiger partial charge is 0.125 e. The highest BCUT2D eigenvalue weighted by atomic mass is 28.3. The third-order valence-electron chi connectivity index (χ3n) is 10.2. The van der Waals surface area contributed by atoms with Gasteiger partial charge in [-0.3, -0.25) is 0 Å². The van der Waals surface area contributed by atoms with Gasteiger partial charge in [0.05, 0.1) is 0 Å². The van der Waals surface area contributed by atoms with Crippen molar-refractivity contribution < 1.29 is 0 Å². The first-order chi connectivity index (χ1) is 22.7. The van der Waals surface area contributed by atoms with Gasteiger partial charge in [-0.15, -0.1) is 17.5 Å². The highest BCUT2D eigenvalue weighted by molar-refractivity contribution is 6.91. The maximum absolute atomic E-state index is 5.73. The molecule has 0 fully saturated rings. The van der Waals surface area contributed by atoms with Crippen LogP contribution >= 0.6 is 0 Å². The van der Waals surface area contributed by atoms with Gasteiger partial charge in [0.15, 0.2) is 0 Å². The molecule has 0 N–H and O–H groups in total. The zero-order chi connectivity index (χ0) is 35.6. The second kappa shape index (κ2) is 16.8. The van der Waals surface area contributed by atoms with Crippen molar-refractivity contribution in [1.29, 1.82) is 0 Å². The first-order valence-corrected chi connectivity index (χ1v) is 22.0. The number of terminal acetylenes is 1. The van der Waals surface area contributed by atoms with Crippen LogP contribution in [-0.2, 0) is 0 Å². The van der Waals surface area contributed by atoms with Crippen LogP contribution in [0.25, 0.3) is 0 Å². The van der Waals surface area contributed by atoms with Gasteiger partial charge in [0.25, 0.3) is 0 Å². The van der Waals surface area contributed by atoms with E-state index >= 15 is 0 Å². The Labute approximate surface area is 296 Å². The molecular weight excluding hydrogens is 609 g/mol. The van der Waals surface area contributed by atoms with Gasteiger partial charge in [-0.1, -0.05) is 125 Å². The summed E-state index contributed by atoms with van der Waals surface area (Å²) in [6.45, 7) is 28.2. The lowest BCUT2D eigenvalue weighted by atomic mass is 10.0. The van der Waals surface area contributed by atoms with Gasteiger partial charge in [0, 0.05) is 38.9 Å². The van der Waals surface area contributed by atoms with Crippen molar-refractivity contribution in [3.63, 3.8) is 0 Å². The molecule has 0 saturated carbocycles. The Bertz CT molecular complexity index is 1800. The normalized spacial score (nSPS) is 11.4. The quantitative estimate of drug-likeness (QED) is 0.182. The minimum atomic E-state index is -1.78. The molecule has 48 heavy (non-hydrogen) atoms. The standard InChI is InChI=1S/C46H54Si2/c1-14-40-23-26-45(27-24-41-15-19-43(20-16-41)29-31-47(34(2)3,35(4)5)36(6)7)46(33-40)28-25-42-17-21-44(22-18-42)30-32-48(37(8)9,38(10)11)39(12)13/h1,15-23,26,33-39H,2-13H3. The number of hydrogen-bond acceptors (Lipinski definition) is 0. The number of benzene rings is 3. The molecule has 0 aliphatic heterocycles. The van der Waals surface area contributed by atoms with Gasteiger partial charge >= 0.3 is 0 Å². The molecule has 0 unspecified atom stereocenters. The first kappa shape index (κ1) is 38.3. The van der Waals surface area contributed by atoms with E-state index in [0.29, 0.717) is 33.2 Å². The van der Waals surface area contributed by atoms with Crippen LogP contribution in [0.2, 0.25) is 33.2 Å². The van der Waals surface area contributed by atoms with Crippen molar-refractivity contribution in [1.82, 2.24) is 0 Å². The minimum Gasteiger partial charge on any atom is -0.125 e. The fourth-order valence-corrected chi connectivity index (χ4v) is 18.1. The Balaban J connectivity index is 1.88. The number of rotatable bonds is 6. The molecular formula is C46H54Si2. The average Bonchev–Trinajstić information content (AvgIpc) is 3.03. The van der Waals surface area contributed by atoms with Crippen LogP contribution in [-0.4, -0.2) is 16.1 Å². The molecule has 3 rings (SSSR count). The molecule has 246 valence electrons. The second-order valence-electron chi connectivity index (χ2n) is 14.9. The van der Waals surface area contributed by atoms with Crippen molar-refractivity contribution in [3.8, 4) is 59.0 Å². The zero-order valence-corrected chi connectivity index (χ0v) is 33.4. The van der Waals surface area contributed by atoms with E-state index in [0.717, 1.165) is 38.9 Å². The van der Waals surface area contributed by atoms with Gasteiger partial charge < -0.3 is 0 Å². The Kier molecular flexibility index (Phi) is 13.4. The van der Waals surface area contributed by atoms with E-state index < -0.39 is 16.1 Å². The van der Waals surface area contributed by atoms with Crippen LogP contribution < -0.4 is 0 Å². The SMILES string of the molecule is C#Cc1ccc(C#Cc2ccc(C#C[Si](C(C)C)(C(C)C)C(C)C)cc2)c(C#Cc2ccc(C#C[Si](C(C)C)(C(C)C)C(C)C)cc2)c1. The summed E-state index contributed by atoms with van der Waals surface area (Å²) in [5.74, 6) is 23.1. The highest BCUT2D eigenvalue weighted by Gasteiger charge is 2.42. The maximum Gasteiger partial charge on any atom is 0.146 e. The molecule has 0 spiro atoms. The van der Waals surface area contributed by atoms with Gasteiger partial charge in [0.1, 0.15) is 16.1 Å². The molecule has 3 aromatic rings. The molecule has 0 saturated heterocycles. The van der Waals surface area contributed by atoms with Gasteiger partial charge in [-0.05, 0) is 100.0 Å². The summed E-state index contributed by atoms with van der Waals surface area (Å²) in [7, 11) is -3.56. The molecule has 0 nitrogen and oxygen atoms in total. The molecule has 0 bridgehead atoms. The van der Waals surface area contributed by atoms with Crippen LogP contribution in [0.4, 0.5) is 0 Å². The third-order valence-corrected chi connectivity index (χ3v) is 22.8. The molecule has 0 atom stereocenters. The van der Waals surface area contributed by atoms with E-state index in [1.807, 2.05) is 18.2 Å². The summed E-state index contributed by atoms with van der Waals surface area (Å²) >= 11 is 0. The lowest BCUT2D eigenvalue weighted by Crippen LogP contribution is -2.43. The van der Waals surface area contributed by atoms with Crippen molar-refractivity contribution in [2.75, 3.05) is 0 Å². The fourth-order valence-electron chi connectivity index (χ4n) is 7.63. The Morgan fingerprint density at radius 1 is 0.375 bits per heavy atom. The third kappa shape index (κ3) is 8.87. The summed E-state index contributed by atoms with van der Waals surface area (Å²) < 4.78 is 0. The van der Waals surface area contributed by atoms with E-state index in [9.17, 15) is 0 Å². The largest absolute Gasteiger partial charge is 0.146 e. The maximum atomic E-state index is 5.73. The van der Waals surface area contributed by atoms with Crippen molar-refractivity contribution in [2.24, 2.45) is 0 Å². The minimum absolute atomic E-state index is 0.607. The van der Waals surface area contributed by atoms with Crippen molar-refractivity contribution in [2.45, 2.75) is 116 Å². The Morgan fingerprint density at radius 2 is 0.667 bits per heavy atom. The fraction of sp³-hybridized carbons (Fsp3) is 0.391. The van der Waals surface area contributed by atoms with Crippen LogP contribution in [0, 0.1) is 59.0 Å². The predicted octanol–water partition coefficient (Wildman–Crippen LogP) is 11.6. The lowest BCUT2D eigenvalue weighted by molar-refractivity contribution is 0.838. The van der Waals surface area contributed by atoms with E-state index in [1.54, 1.807) is 0 Å². The van der Waals surface area contributed by atoms with Crippen LogP contribution in [0.1, 0.15) is 122 Å². The monoisotopic (exact) mass is 662 g/mol. The molecule has 3 aromatic carbocycles. The zero-order valence-electron chi connectivity index (χ0n) is 31.4. The number of hydrogen-bond donors (Lipinski definition) is 0. The Hall–Kier alpha value is -4.11. The lowest BCUT2D eigenvalue weighted by Gasteiger charge is -2.38. The summed E-state index contributed by atoms with van der Waals surface area (Å²) in [5, 5.41) is 0. The van der Waals surface area contributed by atoms with Crippen molar-refractivity contribution >= 4 is 16.1 Å². The highest BCUT2D eigenvalue weighted by Crippen LogP contribution is 2.41. The Morgan fingerprint density at radius 3 is 0.979 bits per heavy atom. The second-order valence-corrected chi connectivity index (χ2v) is 26.0. The molecule has 0 radical (unpaired) electrons. The molecule has 0 amide bonds. The van der Waals surface area contributed by atoms with E-state index in [2.05, 4.69) is 184 Å². The van der Waals surface area contributed by atoms with Crippen LogP contribution in [0.5, 0.6) is 0 Å². The summed E-state index contributed by atoms with van der Waals surface area (Å²) in [6, 6.07) is 22.4. The molecule has 0 aliphatic rings. The molecule has 0 aliphatic carbocycles. The first-order valence-electron chi connectivity index (χ1n) is 17.6. The van der Waals surface area contributed by atoms with Gasteiger partial charge in [0.2, 0.25) is 0 Å². The van der Waals surface area contributed by atoms with Crippen LogP contribution in [0.3, 0.4) is 0 Å². The summed E-state index contributed by atoms with van der Waals surface area (Å²) in [5.41, 5.74) is 17.7. The predicted molar refractivity (Wildman–Crippen MR) is 215 cm³/mol. The van der Waals surface area contributed by atoms with E-state index in [4.69, 9.17) is 6.42 Å². The molecule has 0 aromatic heterocycles. The van der Waals surface area contributed by atoms with Gasteiger partial charge in [-0.25, -0.2) is 0 Å². The van der Waals surface area contributed by atoms with Gasteiger partial charge in [-0.2, -0.15) is 0 Å². The van der Waals surface area contributed by atoms with E-state index in [1.165, 1.54) is 0 Å². The summed E-state index contributed by atoms with van der Waals surface area (Å²) in [6.07, 6.45) is 5.73.